The van der Waals surface area contributed by atoms with E-state index in [-0.39, 0.29) is 25.4 Å². The van der Waals surface area contributed by atoms with Gasteiger partial charge in [0.1, 0.15) is 17.3 Å². The molecule has 0 bridgehead atoms. The van der Waals surface area contributed by atoms with Crippen LogP contribution in [0.15, 0.2) is 36.4 Å². The summed E-state index contributed by atoms with van der Waals surface area (Å²) in [6, 6.07) is 8.62. The van der Waals surface area contributed by atoms with Gasteiger partial charge >= 0.3 is 0 Å². The van der Waals surface area contributed by atoms with E-state index in [9.17, 15) is 18.4 Å². The number of carbonyl (C=O) groups excluding carboxylic acids is 2. The maximum absolute atomic E-state index is 13.9. The van der Waals surface area contributed by atoms with Gasteiger partial charge in [-0.3, -0.25) is 9.59 Å². The normalized spacial score (nSPS) is 16.2. The zero-order chi connectivity index (χ0) is 20.3. The fourth-order valence-corrected chi connectivity index (χ4v) is 3.17. The Hall–Kier alpha value is -3.16. The van der Waals surface area contributed by atoms with E-state index in [1.165, 1.54) is 20.3 Å². The van der Waals surface area contributed by atoms with Crippen LogP contribution in [0.3, 0.4) is 0 Å². The van der Waals surface area contributed by atoms with Gasteiger partial charge in [0.05, 0.1) is 20.1 Å². The molecule has 1 saturated heterocycles. The van der Waals surface area contributed by atoms with Crippen LogP contribution in [0.25, 0.3) is 0 Å². The number of anilines is 1. The highest BCUT2D eigenvalue weighted by Crippen LogP contribution is 2.30. The minimum absolute atomic E-state index is 0.0749. The fourth-order valence-electron chi connectivity index (χ4n) is 3.17. The third-order valence-corrected chi connectivity index (χ3v) is 4.62. The van der Waals surface area contributed by atoms with E-state index in [0.717, 1.165) is 22.6 Å². The minimum atomic E-state index is -0.834. The number of nitrogens with zero attached hydrogens (tertiary/aromatic N) is 1. The molecule has 0 saturated carbocycles. The predicted octanol–water partition coefficient (Wildman–Crippen LogP) is 2.65. The molecule has 2 amide bonds. The van der Waals surface area contributed by atoms with E-state index in [0.29, 0.717) is 11.5 Å². The lowest BCUT2D eigenvalue weighted by molar-refractivity contribution is -0.126. The lowest BCUT2D eigenvalue weighted by Crippen LogP contribution is -2.33. The molecular weight excluding hydrogens is 370 g/mol. The zero-order valence-electron chi connectivity index (χ0n) is 15.5. The molecule has 0 radical (unpaired) electrons. The monoisotopic (exact) mass is 390 g/mol. The Morgan fingerprint density at radius 1 is 1.14 bits per heavy atom. The number of hydrogen-bond donors (Lipinski definition) is 1. The van der Waals surface area contributed by atoms with Gasteiger partial charge in [-0.2, -0.15) is 0 Å². The zero-order valence-corrected chi connectivity index (χ0v) is 15.5. The number of carbonyl (C=O) groups is 2. The Labute approximate surface area is 161 Å². The van der Waals surface area contributed by atoms with E-state index in [4.69, 9.17) is 9.47 Å². The van der Waals surface area contributed by atoms with Gasteiger partial charge in [0.25, 0.3) is 0 Å². The molecule has 8 heteroatoms. The molecule has 1 aliphatic rings. The molecule has 1 unspecified atom stereocenters. The molecule has 3 rings (SSSR count). The van der Waals surface area contributed by atoms with Crippen LogP contribution < -0.4 is 19.7 Å². The lowest BCUT2D eigenvalue weighted by Gasteiger charge is -2.18. The number of methoxy groups -OCH3 is 2. The molecule has 0 aliphatic carbocycles. The summed E-state index contributed by atoms with van der Waals surface area (Å²) in [5, 5.41) is 2.75. The summed E-state index contributed by atoms with van der Waals surface area (Å²) in [5.41, 5.74) is 0.370. The topological polar surface area (TPSA) is 67.9 Å². The van der Waals surface area contributed by atoms with Crippen molar-refractivity contribution >= 4 is 17.5 Å². The van der Waals surface area contributed by atoms with Crippen molar-refractivity contribution in [2.24, 2.45) is 5.92 Å². The van der Waals surface area contributed by atoms with E-state index in [2.05, 4.69) is 5.32 Å². The predicted molar refractivity (Wildman–Crippen MR) is 98.2 cm³/mol. The quantitative estimate of drug-likeness (QED) is 0.824. The first-order valence-electron chi connectivity index (χ1n) is 8.67. The molecule has 1 N–H and O–H groups in total. The van der Waals surface area contributed by atoms with Gasteiger partial charge in [-0.05, 0) is 29.8 Å². The molecular formula is C20H20F2N2O4. The molecule has 0 aromatic heterocycles. The van der Waals surface area contributed by atoms with Crippen LogP contribution in [0, 0.1) is 17.6 Å². The molecule has 2 aromatic rings. The van der Waals surface area contributed by atoms with Crippen LogP contribution in [-0.2, 0) is 16.1 Å². The average molecular weight is 390 g/mol. The Balaban J connectivity index is 1.65. The molecule has 148 valence electrons. The number of benzene rings is 2. The van der Waals surface area contributed by atoms with Crippen LogP contribution in [0.2, 0.25) is 0 Å². The molecule has 2 aromatic carbocycles. The smallest absolute Gasteiger partial charge is 0.228 e. The number of nitrogens with one attached hydrogen (secondary N) is 1. The van der Waals surface area contributed by atoms with Crippen molar-refractivity contribution in [2.45, 2.75) is 13.0 Å². The van der Waals surface area contributed by atoms with Crippen LogP contribution >= 0.6 is 0 Å². The van der Waals surface area contributed by atoms with Gasteiger partial charge in [-0.15, -0.1) is 0 Å². The van der Waals surface area contributed by atoms with Crippen molar-refractivity contribution in [1.82, 2.24) is 5.32 Å². The molecule has 28 heavy (non-hydrogen) atoms. The largest absolute Gasteiger partial charge is 0.493 e. The Morgan fingerprint density at radius 3 is 2.46 bits per heavy atom. The van der Waals surface area contributed by atoms with Crippen molar-refractivity contribution < 1.29 is 27.8 Å². The SMILES string of the molecule is COc1ccc(CNC(=O)C2CC(=O)N(c3c(F)cccc3F)C2)cc1OC. The summed E-state index contributed by atoms with van der Waals surface area (Å²) in [7, 11) is 3.04. The van der Waals surface area contributed by atoms with Crippen LogP contribution in [-0.4, -0.2) is 32.6 Å². The number of halogens is 2. The minimum Gasteiger partial charge on any atom is -0.493 e. The average Bonchev–Trinajstić information content (AvgIpc) is 3.07. The first-order chi connectivity index (χ1) is 13.4. The Kier molecular flexibility index (Phi) is 5.77. The highest BCUT2D eigenvalue weighted by molar-refractivity contribution is 6.00. The molecule has 1 heterocycles. The molecule has 0 spiro atoms. The standard InChI is InChI=1S/C20H20F2N2O4/c1-27-16-7-6-12(8-17(16)28-2)10-23-20(26)13-9-18(25)24(11-13)19-14(21)4-3-5-15(19)22/h3-8,13H,9-11H2,1-2H3,(H,23,26). The summed E-state index contributed by atoms with van der Waals surface area (Å²) in [5.74, 6) is -2.10. The highest BCUT2D eigenvalue weighted by atomic mass is 19.1. The number of hydrogen-bond acceptors (Lipinski definition) is 4. The second-order valence-corrected chi connectivity index (χ2v) is 6.38. The van der Waals surface area contributed by atoms with E-state index in [1.807, 2.05) is 0 Å². The van der Waals surface area contributed by atoms with Crippen molar-refractivity contribution in [3.8, 4) is 11.5 Å². The van der Waals surface area contributed by atoms with Gasteiger partial charge in [0, 0.05) is 19.5 Å². The van der Waals surface area contributed by atoms with Crippen molar-refractivity contribution in [1.29, 1.82) is 0 Å². The second-order valence-electron chi connectivity index (χ2n) is 6.38. The molecule has 6 nitrogen and oxygen atoms in total. The first-order valence-corrected chi connectivity index (χ1v) is 8.67. The summed E-state index contributed by atoms with van der Waals surface area (Å²) in [4.78, 5) is 25.7. The molecule has 1 fully saturated rings. The number of para-hydroxylation sites is 1. The highest BCUT2D eigenvalue weighted by Gasteiger charge is 2.37. The fraction of sp³-hybridized carbons (Fsp3) is 0.300. The van der Waals surface area contributed by atoms with E-state index >= 15 is 0 Å². The third-order valence-electron chi connectivity index (χ3n) is 4.62. The maximum atomic E-state index is 13.9. The van der Waals surface area contributed by atoms with Crippen LogP contribution in [0.4, 0.5) is 14.5 Å². The van der Waals surface area contributed by atoms with Crippen LogP contribution in [0.5, 0.6) is 11.5 Å². The van der Waals surface area contributed by atoms with Crippen molar-refractivity contribution in [3.63, 3.8) is 0 Å². The summed E-state index contributed by atoms with van der Waals surface area (Å²) < 4.78 is 38.3. The molecule has 1 atom stereocenters. The van der Waals surface area contributed by atoms with Crippen molar-refractivity contribution in [3.05, 3.63) is 53.6 Å². The van der Waals surface area contributed by atoms with Gasteiger partial charge in [0.15, 0.2) is 11.5 Å². The second kappa shape index (κ2) is 8.24. The van der Waals surface area contributed by atoms with Gasteiger partial charge in [0.2, 0.25) is 11.8 Å². The van der Waals surface area contributed by atoms with Crippen molar-refractivity contribution in [2.75, 3.05) is 25.7 Å². The van der Waals surface area contributed by atoms with Gasteiger partial charge < -0.3 is 19.7 Å². The van der Waals surface area contributed by atoms with Crippen LogP contribution in [0.1, 0.15) is 12.0 Å². The number of amides is 2. The van der Waals surface area contributed by atoms with Gasteiger partial charge in [-0.25, -0.2) is 8.78 Å². The Morgan fingerprint density at radius 2 is 1.82 bits per heavy atom. The number of ether oxygens (including phenoxy) is 2. The Bertz CT molecular complexity index is 884. The summed E-state index contributed by atoms with van der Waals surface area (Å²) in [6.07, 6.45) is -0.106. The molecule has 1 aliphatic heterocycles. The number of rotatable bonds is 6. The third kappa shape index (κ3) is 3.90. The van der Waals surface area contributed by atoms with E-state index in [1.54, 1.807) is 18.2 Å². The van der Waals surface area contributed by atoms with E-state index < -0.39 is 29.1 Å². The van der Waals surface area contributed by atoms with Gasteiger partial charge in [-0.1, -0.05) is 12.1 Å². The first kappa shape index (κ1) is 19.6. The maximum Gasteiger partial charge on any atom is 0.228 e. The summed E-state index contributed by atoms with van der Waals surface area (Å²) >= 11 is 0. The lowest BCUT2D eigenvalue weighted by atomic mass is 10.1. The summed E-state index contributed by atoms with van der Waals surface area (Å²) in [6.45, 7) is 0.145.